The predicted octanol–water partition coefficient (Wildman–Crippen LogP) is 1.47. The fraction of sp³-hybridized carbons (Fsp3) is 0.438. The second kappa shape index (κ2) is 5.33. The molecule has 0 aromatic carbocycles. The maximum absolute atomic E-state index is 13.3. The second-order valence-corrected chi connectivity index (χ2v) is 6.19. The summed E-state index contributed by atoms with van der Waals surface area (Å²) in [5.41, 5.74) is 0.833. The Morgan fingerprint density at radius 2 is 2.13 bits per heavy atom. The van der Waals surface area contributed by atoms with E-state index < -0.39 is 5.95 Å². The second-order valence-electron chi connectivity index (χ2n) is 6.19. The molecule has 5 rings (SSSR count). The van der Waals surface area contributed by atoms with Crippen molar-refractivity contribution in [2.24, 2.45) is 0 Å². The highest BCUT2D eigenvalue weighted by Gasteiger charge is 2.48. The molecule has 2 bridgehead atoms. The molecule has 3 atom stereocenters. The Kier molecular flexibility index (Phi) is 3.28. The average molecular weight is 315 g/mol. The minimum Gasteiger partial charge on any atom is -0.367 e. The smallest absolute Gasteiger partial charge is 0.247 e. The summed E-state index contributed by atoms with van der Waals surface area (Å²) in [7, 11) is 0. The Morgan fingerprint density at radius 1 is 1.35 bits per heavy atom. The minimum absolute atomic E-state index is 0.107. The van der Waals surface area contributed by atoms with Crippen molar-refractivity contribution in [2.45, 2.75) is 31.5 Å². The van der Waals surface area contributed by atoms with E-state index >= 15 is 0 Å². The molecular formula is C16H18FN5O. The monoisotopic (exact) mass is 315 g/mol. The first-order valence-electron chi connectivity index (χ1n) is 7.81. The summed E-state index contributed by atoms with van der Waals surface area (Å²) in [6.45, 7) is 3.34. The number of nitrogens with zero attached hydrogens (tertiary/aromatic N) is 5. The molecule has 0 aliphatic carbocycles. The third kappa shape index (κ3) is 2.36. The van der Waals surface area contributed by atoms with Crippen LogP contribution in [0.5, 0.6) is 0 Å². The van der Waals surface area contributed by atoms with Gasteiger partial charge in [-0.25, -0.2) is 4.98 Å². The third-order valence-electron chi connectivity index (χ3n) is 4.80. The molecule has 1 amide bonds. The predicted molar refractivity (Wildman–Crippen MR) is 82.4 cm³/mol. The lowest BCUT2D eigenvalue weighted by Gasteiger charge is -2.57. The Labute approximate surface area is 133 Å². The molecule has 23 heavy (non-hydrogen) atoms. The third-order valence-corrected chi connectivity index (χ3v) is 4.80. The Bertz CT molecular complexity index is 707. The number of piperazine rings is 1. The number of pyridine rings is 1. The van der Waals surface area contributed by atoms with Crippen LogP contribution in [-0.2, 0) is 4.79 Å². The standard InChI is InChI=1S/C16H18FN5O/c1-11(21-6-2-4-19-21)16(23)22-13-7-14(22)10-20(9-13)12-3-5-18-15(17)8-12/h2-6,8,11,13-14H,7,9-10H2,1H3. The Balaban J connectivity index is 1.46. The quantitative estimate of drug-likeness (QED) is 0.805. The molecule has 120 valence electrons. The number of anilines is 1. The van der Waals surface area contributed by atoms with Gasteiger partial charge in [0, 0.05) is 43.4 Å². The fourth-order valence-electron chi connectivity index (χ4n) is 3.61. The molecular weight excluding hydrogens is 297 g/mol. The van der Waals surface area contributed by atoms with Crippen LogP contribution in [0.1, 0.15) is 19.4 Å². The van der Waals surface area contributed by atoms with Crippen LogP contribution < -0.4 is 4.90 Å². The molecule has 3 aliphatic heterocycles. The maximum Gasteiger partial charge on any atom is 0.247 e. The van der Waals surface area contributed by atoms with Crippen LogP contribution in [0.3, 0.4) is 0 Å². The van der Waals surface area contributed by atoms with E-state index in [1.54, 1.807) is 10.9 Å². The number of amides is 1. The van der Waals surface area contributed by atoms with Crippen molar-refractivity contribution in [3.8, 4) is 0 Å². The maximum atomic E-state index is 13.3. The molecule has 5 heterocycles. The number of hydrogen-bond donors (Lipinski definition) is 0. The van der Waals surface area contributed by atoms with Crippen molar-refractivity contribution >= 4 is 11.6 Å². The summed E-state index contributed by atoms with van der Waals surface area (Å²) in [5, 5.41) is 4.15. The summed E-state index contributed by atoms with van der Waals surface area (Å²) in [6, 6.07) is 5.17. The van der Waals surface area contributed by atoms with Gasteiger partial charge >= 0.3 is 0 Å². The van der Waals surface area contributed by atoms with Gasteiger partial charge in [-0.05, 0) is 25.5 Å². The highest BCUT2D eigenvalue weighted by Crippen LogP contribution is 2.36. The number of piperidine rings is 1. The lowest BCUT2D eigenvalue weighted by molar-refractivity contribution is -0.149. The van der Waals surface area contributed by atoms with E-state index in [1.165, 1.54) is 12.3 Å². The highest BCUT2D eigenvalue weighted by atomic mass is 19.1. The van der Waals surface area contributed by atoms with Crippen LogP contribution in [0.15, 0.2) is 36.8 Å². The fourth-order valence-corrected chi connectivity index (χ4v) is 3.61. The van der Waals surface area contributed by atoms with E-state index in [4.69, 9.17) is 0 Å². The number of halogens is 1. The number of fused-ring (bicyclic) bond motifs is 2. The molecule has 6 nitrogen and oxygen atoms in total. The summed E-state index contributed by atoms with van der Waals surface area (Å²) < 4.78 is 15.0. The molecule has 3 aliphatic rings. The molecule has 7 heteroatoms. The van der Waals surface area contributed by atoms with E-state index in [2.05, 4.69) is 15.0 Å². The first-order valence-corrected chi connectivity index (χ1v) is 7.81. The number of carbonyl (C=O) groups excluding carboxylic acids is 1. The molecule has 0 saturated carbocycles. The van der Waals surface area contributed by atoms with Gasteiger partial charge in [0.25, 0.3) is 0 Å². The van der Waals surface area contributed by atoms with E-state index in [9.17, 15) is 9.18 Å². The lowest BCUT2D eigenvalue weighted by atomic mass is 9.86. The van der Waals surface area contributed by atoms with Gasteiger partial charge in [0.1, 0.15) is 6.04 Å². The van der Waals surface area contributed by atoms with Crippen molar-refractivity contribution in [1.29, 1.82) is 0 Å². The first kappa shape index (κ1) is 14.2. The van der Waals surface area contributed by atoms with Crippen LogP contribution in [0.25, 0.3) is 0 Å². The van der Waals surface area contributed by atoms with E-state index in [-0.39, 0.29) is 24.0 Å². The zero-order valence-corrected chi connectivity index (χ0v) is 12.8. The molecule has 0 N–H and O–H groups in total. The average Bonchev–Trinajstić information content (AvgIpc) is 3.08. The number of aromatic nitrogens is 3. The van der Waals surface area contributed by atoms with E-state index in [0.29, 0.717) is 0 Å². The largest absolute Gasteiger partial charge is 0.367 e. The molecule has 2 aromatic rings. The van der Waals surface area contributed by atoms with Gasteiger partial charge in [-0.3, -0.25) is 9.48 Å². The van der Waals surface area contributed by atoms with Crippen molar-refractivity contribution in [3.05, 3.63) is 42.7 Å². The SMILES string of the molecule is CC(C(=O)N1C2CC1CN(c1ccnc(F)c1)C2)n1cccn1. The Hall–Kier alpha value is -2.44. The van der Waals surface area contributed by atoms with Gasteiger partial charge in [-0.15, -0.1) is 0 Å². The summed E-state index contributed by atoms with van der Waals surface area (Å²) in [5.74, 6) is -0.363. The van der Waals surface area contributed by atoms with Gasteiger partial charge < -0.3 is 9.80 Å². The van der Waals surface area contributed by atoms with Gasteiger partial charge in [-0.1, -0.05) is 0 Å². The molecule has 2 aromatic heterocycles. The molecule has 0 spiro atoms. The molecule has 3 fully saturated rings. The van der Waals surface area contributed by atoms with Gasteiger partial charge in [0.15, 0.2) is 0 Å². The molecule has 3 saturated heterocycles. The number of hydrogen-bond acceptors (Lipinski definition) is 4. The highest BCUT2D eigenvalue weighted by molar-refractivity contribution is 5.82. The summed E-state index contributed by atoms with van der Waals surface area (Å²) >= 11 is 0. The van der Waals surface area contributed by atoms with Gasteiger partial charge in [-0.2, -0.15) is 9.49 Å². The van der Waals surface area contributed by atoms with Crippen LogP contribution in [0.4, 0.5) is 10.1 Å². The Morgan fingerprint density at radius 3 is 2.78 bits per heavy atom. The van der Waals surface area contributed by atoms with Crippen molar-refractivity contribution in [1.82, 2.24) is 19.7 Å². The molecule has 3 unspecified atom stereocenters. The normalized spacial score (nSPS) is 24.3. The van der Waals surface area contributed by atoms with Gasteiger partial charge in [0.05, 0.1) is 12.1 Å². The van der Waals surface area contributed by atoms with E-state index in [0.717, 1.165) is 25.2 Å². The van der Waals surface area contributed by atoms with Crippen molar-refractivity contribution < 1.29 is 9.18 Å². The van der Waals surface area contributed by atoms with Crippen LogP contribution >= 0.6 is 0 Å². The van der Waals surface area contributed by atoms with E-state index in [1.807, 2.05) is 30.2 Å². The topological polar surface area (TPSA) is 54.3 Å². The minimum atomic E-state index is -0.470. The summed E-state index contributed by atoms with van der Waals surface area (Å²) in [6.07, 6.45) is 5.99. The zero-order valence-electron chi connectivity index (χ0n) is 12.8. The van der Waals surface area contributed by atoms with Crippen LogP contribution in [-0.4, -0.2) is 50.7 Å². The lowest BCUT2D eigenvalue weighted by Crippen LogP contribution is -2.71. The van der Waals surface area contributed by atoms with Crippen molar-refractivity contribution in [2.75, 3.05) is 18.0 Å². The zero-order chi connectivity index (χ0) is 16.0. The van der Waals surface area contributed by atoms with Gasteiger partial charge in [0.2, 0.25) is 11.9 Å². The van der Waals surface area contributed by atoms with Crippen molar-refractivity contribution in [3.63, 3.8) is 0 Å². The molecule has 0 radical (unpaired) electrons. The summed E-state index contributed by atoms with van der Waals surface area (Å²) in [4.78, 5) is 20.4. The first-order chi connectivity index (χ1) is 11.1. The van der Waals surface area contributed by atoms with Crippen LogP contribution in [0.2, 0.25) is 0 Å². The number of rotatable bonds is 3. The number of carbonyl (C=O) groups is 1. The van der Waals surface area contributed by atoms with Crippen LogP contribution in [0, 0.1) is 5.95 Å².